The zero-order valence-electron chi connectivity index (χ0n) is 12.4. The number of carbonyl (C=O) groups excluding carboxylic acids is 1. The summed E-state index contributed by atoms with van der Waals surface area (Å²) < 4.78 is 4.65. The lowest BCUT2D eigenvalue weighted by Gasteiger charge is -2.00. The van der Waals surface area contributed by atoms with Crippen molar-refractivity contribution in [3.05, 3.63) is 53.5 Å². The molecule has 112 valence electrons. The van der Waals surface area contributed by atoms with Crippen LogP contribution < -0.4 is 0 Å². The van der Waals surface area contributed by atoms with Crippen LogP contribution in [0.1, 0.15) is 18.5 Å². The SMILES string of the molecule is COC(=O)CCCc1csc(-c2ccc3ccccc3c2)n1. The summed E-state index contributed by atoms with van der Waals surface area (Å²) in [4.78, 5) is 15.8. The minimum absolute atomic E-state index is 0.162. The van der Waals surface area contributed by atoms with E-state index in [1.54, 1.807) is 11.3 Å². The summed E-state index contributed by atoms with van der Waals surface area (Å²) in [6.07, 6.45) is 2.02. The first-order valence-corrected chi connectivity index (χ1v) is 8.14. The summed E-state index contributed by atoms with van der Waals surface area (Å²) >= 11 is 1.65. The van der Waals surface area contributed by atoms with Crippen LogP contribution in [0.4, 0.5) is 0 Å². The van der Waals surface area contributed by atoms with Gasteiger partial charge in [0.2, 0.25) is 0 Å². The highest BCUT2D eigenvalue weighted by atomic mass is 32.1. The smallest absolute Gasteiger partial charge is 0.305 e. The Morgan fingerprint density at radius 2 is 2.00 bits per heavy atom. The van der Waals surface area contributed by atoms with E-state index >= 15 is 0 Å². The van der Waals surface area contributed by atoms with Gasteiger partial charge in [-0.2, -0.15) is 0 Å². The molecule has 0 bridgehead atoms. The molecule has 0 amide bonds. The number of rotatable bonds is 5. The number of methoxy groups -OCH3 is 1. The fraction of sp³-hybridized carbons (Fsp3) is 0.222. The van der Waals surface area contributed by atoms with Gasteiger partial charge in [-0.1, -0.05) is 36.4 Å². The van der Waals surface area contributed by atoms with Crippen molar-refractivity contribution >= 4 is 28.1 Å². The Morgan fingerprint density at radius 1 is 1.18 bits per heavy atom. The largest absolute Gasteiger partial charge is 0.469 e. The first-order chi connectivity index (χ1) is 10.8. The van der Waals surface area contributed by atoms with Gasteiger partial charge in [0.15, 0.2) is 0 Å². The number of thiazole rings is 1. The summed E-state index contributed by atoms with van der Waals surface area (Å²) in [5.41, 5.74) is 2.18. The number of carbonyl (C=O) groups is 1. The second kappa shape index (κ2) is 6.71. The Morgan fingerprint density at radius 3 is 2.82 bits per heavy atom. The van der Waals surface area contributed by atoms with Crippen molar-refractivity contribution in [2.45, 2.75) is 19.3 Å². The molecule has 1 aromatic heterocycles. The average Bonchev–Trinajstić information content (AvgIpc) is 3.03. The molecule has 0 saturated carbocycles. The Labute approximate surface area is 133 Å². The second-order valence-corrected chi connectivity index (χ2v) is 5.99. The Bertz CT molecular complexity index is 794. The van der Waals surface area contributed by atoms with Crippen LogP contribution in [0.5, 0.6) is 0 Å². The molecule has 22 heavy (non-hydrogen) atoms. The van der Waals surface area contributed by atoms with Gasteiger partial charge in [0, 0.05) is 17.4 Å². The molecule has 0 aliphatic rings. The molecule has 2 aromatic carbocycles. The minimum atomic E-state index is -0.162. The van der Waals surface area contributed by atoms with Crippen LogP contribution in [0.3, 0.4) is 0 Å². The number of hydrogen-bond donors (Lipinski definition) is 0. The van der Waals surface area contributed by atoms with Gasteiger partial charge < -0.3 is 4.74 Å². The van der Waals surface area contributed by atoms with E-state index < -0.39 is 0 Å². The molecule has 4 heteroatoms. The topological polar surface area (TPSA) is 39.2 Å². The first-order valence-electron chi connectivity index (χ1n) is 7.26. The maximum Gasteiger partial charge on any atom is 0.305 e. The number of fused-ring (bicyclic) bond motifs is 1. The van der Waals surface area contributed by atoms with Gasteiger partial charge in [-0.25, -0.2) is 4.98 Å². The number of nitrogens with zero attached hydrogens (tertiary/aromatic N) is 1. The first kappa shape index (κ1) is 14.7. The molecule has 1 heterocycles. The Hall–Kier alpha value is -2.20. The fourth-order valence-corrected chi connectivity index (χ4v) is 3.24. The standard InChI is InChI=1S/C18H17NO2S/c1-21-17(20)8-4-7-16-12-22-18(19-16)15-10-9-13-5-2-3-6-14(13)11-15/h2-3,5-6,9-12H,4,7-8H2,1H3. The second-order valence-electron chi connectivity index (χ2n) is 5.14. The van der Waals surface area contributed by atoms with E-state index in [-0.39, 0.29) is 5.97 Å². The van der Waals surface area contributed by atoms with Crippen molar-refractivity contribution in [2.75, 3.05) is 7.11 Å². The highest BCUT2D eigenvalue weighted by Crippen LogP contribution is 2.27. The van der Waals surface area contributed by atoms with Gasteiger partial charge in [0.1, 0.15) is 5.01 Å². The number of hydrogen-bond acceptors (Lipinski definition) is 4. The summed E-state index contributed by atoms with van der Waals surface area (Å²) in [6.45, 7) is 0. The monoisotopic (exact) mass is 311 g/mol. The van der Waals surface area contributed by atoms with E-state index in [0.29, 0.717) is 6.42 Å². The molecular weight excluding hydrogens is 294 g/mol. The van der Waals surface area contributed by atoms with Crippen LogP contribution in [-0.2, 0) is 16.0 Å². The normalized spacial score (nSPS) is 10.8. The van der Waals surface area contributed by atoms with Crippen molar-refractivity contribution < 1.29 is 9.53 Å². The number of ether oxygens (including phenoxy) is 1. The third-order valence-electron chi connectivity index (χ3n) is 3.59. The van der Waals surface area contributed by atoms with Crippen molar-refractivity contribution in [1.82, 2.24) is 4.98 Å². The third kappa shape index (κ3) is 3.34. The Balaban J connectivity index is 1.73. The summed E-state index contributed by atoms with van der Waals surface area (Å²) in [5, 5.41) is 5.56. The zero-order valence-corrected chi connectivity index (χ0v) is 13.2. The van der Waals surface area contributed by atoms with Crippen LogP contribution in [0.2, 0.25) is 0 Å². The van der Waals surface area contributed by atoms with Gasteiger partial charge in [0.25, 0.3) is 0 Å². The van der Waals surface area contributed by atoms with Crippen molar-refractivity contribution in [3.63, 3.8) is 0 Å². The lowest BCUT2D eigenvalue weighted by Crippen LogP contribution is -2.00. The van der Waals surface area contributed by atoms with Gasteiger partial charge >= 0.3 is 5.97 Å². The van der Waals surface area contributed by atoms with E-state index in [4.69, 9.17) is 0 Å². The van der Waals surface area contributed by atoms with Gasteiger partial charge in [-0.15, -0.1) is 11.3 Å². The quantitative estimate of drug-likeness (QED) is 0.653. The lowest BCUT2D eigenvalue weighted by atomic mass is 10.1. The molecule has 0 aliphatic heterocycles. The van der Waals surface area contributed by atoms with Crippen LogP contribution in [-0.4, -0.2) is 18.1 Å². The van der Waals surface area contributed by atoms with E-state index in [1.807, 2.05) is 12.1 Å². The number of benzene rings is 2. The van der Waals surface area contributed by atoms with E-state index in [1.165, 1.54) is 17.9 Å². The highest BCUT2D eigenvalue weighted by Gasteiger charge is 2.07. The minimum Gasteiger partial charge on any atom is -0.469 e. The molecule has 3 rings (SSSR count). The molecular formula is C18H17NO2S. The summed E-state index contributed by atoms with van der Waals surface area (Å²) in [7, 11) is 1.42. The number of aromatic nitrogens is 1. The Kier molecular flexibility index (Phi) is 4.49. The van der Waals surface area contributed by atoms with Crippen molar-refractivity contribution in [1.29, 1.82) is 0 Å². The molecule has 0 aliphatic carbocycles. The number of aryl methyl sites for hydroxylation is 1. The van der Waals surface area contributed by atoms with Gasteiger partial charge in [-0.3, -0.25) is 4.79 Å². The van der Waals surface area contributed by atoms with Crippen LogP contribution in [0, 0.1) is 0 Å². The average molecular weight is 311 g/mol. The molecule has 0 radical (unpaired) electrons. The van der Waals surface area contributed by atoms with E-state index in [9.17, 15) is 4.79 Å². The van der Waals surface area contributed by atoms with E-state index in [2.05, 4.69) is 45.4 Å². The predicted molar refractivity (Wildman–Crippen MR) is 90.0 cm³/mol. The maximum absolute atomic E-state index is 11.1. The fourth-order valence-electron chi connectivity index (χ4n) is 2.39. The summed E-state index contributed by atoms with van der Waals surface area (Å²) in [5.74, 6) is -0.162. The molecule has 0 N–H and O–H groups in total. The highest BCUT2D eigenvalue weighted by molar-refractivity contribution is 7.13. The van der Waals surface area contributed by atoms with Crippen LogP contribution in [0.25, 0.3) is 21.3 Å². The van der Waals surface area contributed by atoms with Gasteiger partial charge in [-0.05, 0) is 29.7 Å². The summed E-state index contributed by atoms with van der Waals surface area (Å²) in [6, 6.07) is 14.7. The van der Waals surface area contributed by atoms with Crippen LogP contribution in [0.15, 0.2) is 47.8 Å². The maximum atomic E-state index is 11.1. The molecule has 3 nitrogen and oxygen atoms in total. The molecule has 3 aromatic rings. The molecule has 0 spiro atoms. The lowest BCUT2D eigenvalue weighted by molar-refractivity contribution is -0.140. The van der Waals surface area contributed by atoms with Crippen LogP contribution >= 0.6 is 11.3 Å². The van der Waals surface area contributed by atoms with Crippen molar-refractivity contribution in [3.8, 4) is 10.6 Å². The van der Waals surface area contributed by atoms with Gasteiger partial charge in [0.05, 0.1) is 12.8 Å². The molecule has 0 unspecified atom stereocenters. The van der Waals surface area contributed by atoms with Crippen molar-refractivity contribution in [2.24, 2.45) is 0 Å². The number of esters is 1. The molecule has 0 fully saturated rings. The zero-order chi connectivity index (χ0) is 15.4. The third-order valence-corrected chi connectivity index (χ3v) is 4.53. The molecule has 0 saturated heterocycles. The van der Waals surface area contributed by atoms with E-state index in [0.717, 1.165) is 29.1 Å². The molecule has 0 atom stereocenters. The predicted octanol–water partition coefficient (Wildman–Crippen LogP) is 4.46.